The average Bonchev–Trinajstić information content (AvgIpc) is 3.12. The predicted octanol–water partition coefficient (Wildman–Crippen LogP) is -0.565. The molecular formula is C21H22N6O3S. The molecule has 0 spiro atoms. The second-order valence-electron chi connectivity index (χ2n) is 6.46. The van der Waals surface area contributed by atoms with E-state index in [-0.39, 0.29) is 22.3 Å². The first-order valence-corrected chi connectivity index (χ1v) is 10.5. The van der Waals surface area contributed by atoms with Gasteiger partial charge >= 0.3 is 0 Å². The molecule has 0 radical (unpaired) electrons. The Labute approximate surface area is 183 Å². The van der Waals surface area contributed by atoms with Crippen molar-refractivity contribution in [1.29, 1.82) is 5.26 Å². The highest BCUT2D eigenvalue weighted by molar-refractivity contribution is 7.07. The van der Waals surface area contributed by atoms with Gasteiger partial charge in [-0.25, -0.2) is 4.98 Å². The zero-order valence-corrected chi connectivity index (χ0v) is 17.9. The molecule has 2 aromatic rings. The third-order valence-electron chi connectivity index (χ3n) is 4.55. The molecule has 1 fully saturated rings. The largest absolute Gasteiger partial charge is 0.378 e. The minimum absolute atomic E-state index is 0.00254. The van der Waals surface area contributed by atoms with Crippen LogP contribution in [0.15, 0.2) is 23.0 Å². The maximum Gasteiger partial charge on any atom is 0.270 e. The molecule has 3 rings (SSSR count). The standard InChI is InChI=1S/C21H22N6O3S/c1-3-8-23-19(28)15(13-22)21-27(4-2)20(29)16(31-21)14-24-17-6-5-7-18(25-17)26-9-11-30-12-10-26/h1,5-7,14H,4,8-12H2,2H3,(H,23,28)(H,24,25)/b16-14+,21-15-. The lowest BCUT2D eigenvalue weighted by atomic mass is 10.3. The van der Waals surface area contributed by atoms with E-state index in [2.05, 4.69) is 26.4 Å². The number of amides is 1. The maximum absolute atomic E-state index is 12.8. The van der Waals surface area contributed by atoms with E-state index in [1.807, 2.05) is 18.2 Å². The fourth-order valence-electron chi connectivity index (χ4n) is 3.02. The van der Waals surface area contributed by atoms with E-state index in [1.54, 1.807) is 19.2 Å². The fraction of sp³-hybridized carbons (Fsp3) is 0.333. The molecule has 9 nitrogen and oxygen atoms in total. The minimum atomic E-state index is -0.608. The molecule has 0 unspecified atom stereocenters. The molecule has 1 aliphatic rings. The van der Waals surface area contributed by atoms with Gasteiger partial charge < -0.3 is 20.3 Å². The zero-order valence-electron chi connectivity index (χ0n) is 17.1. The van der Waals surface area contributed by atoms with Crippen LogP contribution in [-0.2, 0) is 16.1 Å². The van der Waals surface area contributed by atoms with Crippen molar-refractivity contribution in [2.45, 2.75) is 13.5 Å². The highest BCUT2D eigenvalue weighted by atomic mass is 32.1. The molecule has 3 heterocycles. The molecule has 0 aliphatic carbocycles. The van der Waals surface area contributed by atoms with Gasteiger partial charge in [0.15, 0.2) is 5.57 Å². The third kappa shape index (κ3) is 5.12. The summed E-state index contributed by atoms with van der Waals surface area (Å²) in [7, 11) is 0. The summed E-state index contributed by atoms with van der Waals surface area (Å²) in [6.07, 6.45) is 6.70. The summed E-state index contributed by atoms with van der Waals surface area (Å²) >= 11 is 1.06. The first kappa shape index (κ1) is 22.1. The Hall–Kier alpha value is -3.60. The zero-order chi connectivity index (χ0) is 22.2. The van der Waals surface area contributed by atoms with Crippen LogP contribution in [0.4, 0.5) is 11.6 Å². The quantitative estimate of drug-likeness (QED) is 0.581. The summed E-state index contributed by atoms with van der Waals surface area (Å²) in [5.41, 5.74) is -0.442. The van der Waals surface area contributed by atoms with E-state index < -0.39 is 5.91 Å². The van der Waals surface area contributed by atoms with E-state index in [1.165, 1.54) is 4.57 Å². The van der Waals surface area contributed by atoms with Crippen molar-refractivity contribution in [3.63, 3.8) is 0 Å². The smallest absolute Gasteiger partial charge is 0.270 e. The normalized spacial score (nSPS) is 15.1. The predicted molar refractivity (Wildman–Crippen MR) is 120 cm³/mol. The van der Waals surface area contributed by atoms with Gasteiger partial charge in [-0.2, -0.15) is 5.26 Å². The Kier molecular flexibility index (Phi) is 7.44. The van der Waals surface area contributed by atoms with E-state index >= 15 is 0 Å². The lowest BCUT2D eigenvalue weighted by Gasteiger charge is -2.27. The number of anilines is 2. The van der Waals surface area contributed by atoms with Crippen LogP contribution in [0.25, 0.3) is 11.8 Å². The van der Waals surface area contributed by atoms with Crippen LogP contribution in [0.3, 0.4) is 0 Å². The maximum atomic E-state index is 12.8. The highest BCUT2D eigenvalue weighted by Crippen LogP contribution is 2.15. The Morgan fingerprint density at radius 1 is 1.42 bits per heavy atom. The van der Waals surface area contributed by atoms with E-state index in [0.717, 1.165) is 30.2 Å². The van der Waals surface area contributed by atoms with Crippen molar-refractivity contribution in [2.75, 3.05) is 43.1 Å². The van der Waals surface area contributed by atoms with E-state index in [0.29, 0.717) is 30.1 Å². The average molecular weight is 439 g/mol. The van der Waals surface area contributed by atoms with Crippen molar-refractivity contribution in [3.05, 3.63) is 37.7 Å². The van der Waals surface area contributed by atoms with Crippen molar-refractivity contribution in [2.24, 2.45) is 0 Å². The van der Waals surface area contributed by atoms with Crippen LogP contribution >= 0.6 is 11.3 Å². The van der Waals surface area contributed by atoms with Crippen LogP contribution in [0, 0.1) is 23.7 Å². The number of carbonyl (C=O) groups is 1. The number of aromatic nitrogens is 2. The summed E-state index contributed by atoms with van der Waals surface area (Å²) in [5, 5.41) is 15.0. The lowest BCUT2D eigenvalue weighted by Crippen LogP contribution is -2.36. The van der Waals surface area contributed by atoms with Gasteiger partial charge in [0.1, 0.15) is 26.9 Å². The molecule has 10 heteroatoms. The van der Waals surface area contributed by atoms with E-state index in [4.69, 9.17) is 11.2 Å². The van der Waals surface area contributed by atoms with Crippen LogP contribution in [-0.4, -0.2) is 48.3 Å². The number of morpholine rings is 1. The molecule has 160 valence electrons. The summed E-state index contributed by atoms with van der Waals surface area (Å²) in [6, 6.07) is 7.49. The minimum Gasteiger partial charge on any atom is -0.378 e. The molecule has 0 saturated carbocycles. The number of pyridine rings is 1. The first-order valence-electron chi connectivity index (χ1n) is 9.71. The van der Waals surface area contributed by atoms with Crippen molar-refractivity contribution >= 4 is 40.7 Å². The third-order valence-corrected chi connectivity index (χ3v) is 5.68. The number of nitriles is 1. The monoisotopic (exact) mass is 438 g/mol. The van der Waals surface area contributed by atoms with Gasteiger partial charge in [0.05, 0.1) is 19.8 Å². The molecule has 1 amide bonds. The van der Waals surface area contributed by atoms with Gasteiger partial charge in [-0.3, -0.25) is 14.2 Å². The SMILES string of the molecule is C#CCNC(=O)/C(C#N)=c1\s/c(=C/Nc2cccc(N3CCOCC3)n2)c(=O)n1CC. The molecule has 0 bridgehead atoms. The molecular weight excluding hydrogens is 416 g/mol. The second kappa shape index (κ2) is 10.4. The highest BCUT2D eigenvalue weighted by Gasteiger charge is 2.15. The molecule has 1 saturated heterocycles. The fourth-order valence-corrected chi connectivity index (χ4v) is 4.11. The van der Waals surface area contributed by atoms with E-state index in [9.17, 15) is 14.9 Å². The van der Waals surface area contributed by atoms with Gasteiger partial charge in [0, 0.05) is 25.8 Å². The number of rotatable bonds is 6. The van der Waals surface area contributed by atoms with Crippen LogP contribution in [0.1, 0.15) is 6.92 Å². The Balaban J connectivity index is 1.95. The first-order chi connectivity index (χ1) is 15.1. The van der Waals surface area contributed by atoms with Crippen molar-refractivity contribution in [3.8, 4) is 18.4 Å². The molecule has 2 N–H and O–H groups in total. The van der Waals surface area contributed by atoms with Crippen LogP contribution in [0.2, 0.25) is 0 Å². The van der Waals surface area contributed by atoms with Gasteiger partial charge in [0.25, 0.3) is 11.5 Å². The van der Waals surface area contributed by atoms with Crippen molar-refractivity contribution in [1.82, 2.24) is 14.9 Å². The molecule has 31 heavy (non-hydrogen) atoms. The number of carbonyl (C=O) groups excluding carboxylic acids is 1. The van der Waals surface area contributed by atoms with Crippen LogP contribution < -0.4 is 30.3 Å². The number of hydrogen-bond acceptors (Lipinski definition) is 8. The number of ether oxygens (including phenoxy) is 1. The lowest BCUT2D eigenvalue weighted by molar-refractivity contribution is -0.115. The summed E-state index contributed by atoms with van der Waals surface area (Å²) < 4.78 is 7.40. The molecule has 1 aliphatic heterocycles. The number of nitrogens with zero attached hydrogens (tertiary/aromatic N) is 4. The Morgan fingerprint density at radius 3 is 2.87 bits per heavy atom. The Morgan fingerprint density at radius 2 is 2.19 bits per heavy atom. The topological polar surface area (TPSA) is 112 Å². The van der Waals surface area contributed by atoms with Crippen LogP contribution in [0.5, 0.6) is 0 Å². The second-order valence-corrected chi connectivity index (χ2v) is 7.49. The van der Waals surface area contributed by atoms with Gasteiger partial charge in [0.2, 0.25) is 0 Å². The van der Waals surface area contributed by atoms with Crippen molar-refractivity contribution < 1.29 is 9.53 Å². The number of nitrogens with one attached hydrogen (secondary N) is 2. The summed E-state index contributed by atoms with van der Waals surface area (Å²) in [4.78, 5) is 31.8. The number of hydrogen-bond donors (Lipinski definition) is 2. The molecule has 2 aromatic heterocycles. The molecule has 0 atom stereocenters. The van der Waals surface area contributed by atoms with Gasteiger partial charge in [-0.15, -0.1) is 17.8 Å². The summed E-state index contributed by atoms with van der Waals surface area (Å²) in [5.74, 6) is 3.08. The summed E-state index contributed by atoms with van der Waals surface area (Å²) in [6.45, 7) is 4.94. The number of thiazole rings is 1. The molecule has 0 aromatic carbocycles. The van der Waals surface area contributed by atoms with Gasteiger partial charge in [-0.05, 0) is 19.1 Å². The van der Waals surface area contributed by atoms with Gasteiger partial charge in [-0.1, -0.05) is 12.0 Å². The number of terminal acetylenes is 1. The Bertz CT molecular complexity index is 1210.